The lowest BCUT2D eigenvalue weighted by Crippen LogP contribution is -2.46. The zero-order chi connectivity index (χ0) is 17.0. The van der Waals surface area contributed by atoms with Crippen molar-refractivity contribution in [3.63, 3.8) is 0 Å². The van der Waals surface area contributed by atoms with Crippen LogP contribution in [0, 0.1) is 0 Å². The SMILES string of the molecule is C[C@H](OC(=O)c1ccc2c(c1)OCCCO2)C(=O)NC(C)(C)C. The number of fused-ring (bicyclic) bond motifs is 1. The molecule has 1 aromatic rings. The second-order valence-corrected chi connectivity index (χ2v) is 6.50. The molecule has 1 N–H and O–H groups in total. The van der Waals surface area contributed by atoms with Crippen molar-refractivity contribution in [3.05, 3.63) is 23.8 Å². The van der Waals surface area contributed by atoms with Crippen LogP contribution in [0.15, 0.2) is 18.2 Å². The predicted octanol–water partition coefficient (Wildman–Crippen LogP) is 2.31. The number of hydrogen-bond donors (Lipinski definition) is 1. The fraction of sp³-hybridized carbons (Fsp3) is 0.529. The standard InChI is InChI=1S/C17H23NO5/c1-11(15(19)18-17(2,3)4)23-16(20)12-6-7-13-14(10-12)22-9-5-8-21-13/h6-7,10-11H,5,8-9H2,1-4H3,(H,18,19)/t11-/m0/s1. The van der Waals surface area contributed by atoms with E-state index in [1.807, 2.05) is 20.8 Å². The Kier molecular flexibility index (Phi) is 5.13. The predicted molar refractivity (Wildman–Crippen MR) is 84.8 cm³/mol. The highest BCUT2D eigenvalue weighted by atomic mass is 16.5. The summed E-state index contributed by atoms with van der Waals surface area (Å²) >= 11 is 0. The van der Waals surface area contributed by atoms with Gasteiger partial charge in [0.15, 0.2) is 17.6 Å². The molecule has 126 valence electrons. The summed E-state index contributed by atoms with van der Waals surface area (Å²) in [6, 6.07) is 4.86. The van der Waals surface area contributed by atoms with Crippen molar-refractivity contribution in [1.29, 1.82) is 0 Å². The molecule has 1 aliphatic rings. The molecular formula is C17H23NO5. The first-order valence-electron chi connectivity index (χ1n) is 7.69. The Morgan fingerprint density at radius 1 is 1.17 bits per heavy atom. The smallest absolute Gasteiger partial charge is 0.339 e. The Bertz CT molecular complexity index is 591. The highest BCUT2D eigenvalue weighted by Gasteiger charge is 2.23. The van der Waals surface area contributed by atoms with Crippen molar-refractivity contribution in [1.82, 2.24) is 5.32 Å². The number of carbonyl (C=O) groups is 2. The molecular weight excluding hydrogens is 298 g/mol. The molecule has 1 atom stereocenters. The molecule has 0 spiro atoms. The molecule has 1 heterocycles. The summed E-state index contributed by atoms with van der Waals surface area (Å²) in [6.45, 7) is 8.26. The minimum absolute atomic E-state index is 0.324. The van der Waals surface area contributed by atoms with Gasteiger partial charge in [0.25, 0.3) is 5.91 Å². The highest BCUT2D eigenvalue weighted by molar-refractivity contribution is 5.93. The largest absolute Gasteiger partial charge is 0.490 e. The van der Waals surface area contributed by atoms with Gasteiger partial charge in [-0.2, -0.15) is 0 Å². The summed E-state index contributed by atoms with van der Waals surface area (Å²) in [5, 5.41) is 2.77. The van der Waals surface area contributed by atoms with Crippen LogP contribution >= 0.6 is 0 Å². The first-order chi connectivity index (χ1) is 10.8. The molecule has 6 nitrogen and oxygen atoms in total. The fourth-order valence-corrected chi connectivity index (χ4v) is 2.04. The molecule has 6 heteroatoms. The third kappa shape index (κ3) is 4.87. The molecule has 2 rings (SSSR count). The van der Waals surface area contributed by atoms with Gasteiger partial charge in [-0.3, -0.25) is 4.79 Å². The van der Waals surface area contributed by atoms with Gasteiger partial charge in [0.05, 0.1) is 18.8 Å². The van der Waals surface area contributed by atoms with E-state index < -0.39 is 12.1 Å². The van der Waals surface area contributed by atoms with E-state index >= 15 is 0 Å². The molecule has 0 saturated heterocycles. The molecule has 0 unspecified atom stereocenters. The number of carbonyl (C=O) groups excluding carboxylic acids is 2. The van der Waals surface area contributed by atoms with Crippen LogP contribution in [-0.4, -0.2) is 36.7 Å². The Labute approximate surface area is 136 Å². The molecule has 23 heavy (non-hydrogen) atoms. The number of hydrogen-bond acceptors (Lipinski definition) is 5. The second-order valence-electron chi connectivity index (χ2n) is 6.50. The first-order valence-corrected chi connectivity index (χ1v) is 7.69. The molecule has 0 radical (unpaired) electrons. The van der Waals surface area contributed by atoms with E-state index in [9.17, 15) is 9.59 Å². The van der Waals surface area contributed by atoms with Crippen LogP contribution in [-0.2, 0) is 9.53 Å². The van der Waals surface area contributed by atoms with E-state index in [1.54, 1.807) is 25.1 Å². The maximum absolute atomic E-state index is 12.2. The van der Waals surface area contributed by atoms with Gasteiger partial charge in [0.1, 0.15) is 0 Å². The number of nitrogens with one attached hydrogen (secondary N) is 1. The van der Waals surface area contributed by atoms with Gasteiger partial charge in [-0.05, 0) is 45.9 Å². The summed E-state index contributed by atoms with van der Waals surface area (Å²) in [6.07, 6.45) is -0.0870. The van der Waals surface area contributed by atoms with Gasteiger partial charge < -0.3 is 19.5 Å². The van der Waals surface area contributed by atoms with Gasteiger partial charge in [0, 0.05) is 12.0 Å². The molecule has 0 bridgehead atoms. The maximum Gasteiger partial charge on any atom is 0.339 e. The molecule has 0 saturated carbocycles. The van der Waals surface area contributed by atoms with Crippen molar-refractivity contribution < 1.29 is 23.8 Å². The Balaban J connectivity index is 2.03. The monoisotopic (exact) mass is 321 g/mol. The molecule has 1 amide bonds. The van der Waals surface area contributed by atoms with E-state index in [4.69, 9.17) is 14.2 Å². The quantitative estimate of drug-likeness (QED) is 0.865. The minimum Gasteiger partial charge on any atom is -0.490 e. The van der Waals surface area contributed by atoms with Crippen LogP contribution < -0.4 is 14.8 Å². The minimum atomic E-state index is -0.877. The van der Waals surface area contributed by atoms with Crippen LogP contribution in [0.4, 0.5) is 0 Å². The summed E-state index contributed by atoms with van der Waals surface area (Å²) in [5.41, 5.74) is -0.0582. The van der Waals surface area contributed by atoms with E-state index in [0.717, 1.165) is 6.42 Å². The number of ether oxygens (including phenoxy) is 3. The molecule has 1 aromatic carbocycles. The first kappa shape index (κ1) is 17.1. The Morgan fingerprint density at radius 2 is 1.83 bits per heavy atom. The van der Waals surface area contributed by atoms with Crippen LogP contribution in [0.3, 0.4) is 0 Å². The van der Waals surface area contributed by atoms with E-state index in [1.165, 1.54) is 0 Å². The van der Waals surface area contributed by atoms with Gasteiger partial charge in [-0.15, -0.1) is 0 Å². The Morgan fingerprint density at radius 3 is 2.48 bits per heavy atom. The van der Waals surface area contributed by atoms with Crippen molar-refractivity contribution in [2.24, 2.45) is 0 Å². The molecule has 0 aromatic heterocycles. The lowest BCUT2D eigenvalue weighted by atomic mass is 10.1. The van der Waals surface area contributed by atoms with Gasteiger partial charge in [0.2, 0.25) is 0 Å². The number of esters is 1. The van der Waals surface area contributed by atoms with Crippen molar-refractivity contribution in [2.45, 2.75) is 45.8 Å². The van der Waals surface area contributed by atoms with E-state index in [0.29, 0.717) is 30.3 Å². The van der Waals surface area contributed by atoms with Crippen molar-refractivity contribution >= 4 is 11.9 Å². The molecule has 1 aliphatic heterocycles. The second kappa shape index (κ2) is 6.89. The van der Waals surface area contributed by atoms with Gasteiger partial charge >= 0.3 is 5.97 Å². The zero-order valence-electron chi connectivity index (χ0n) is 14.0. The Hall–Kier alpha value is -2.24. The molecule has 0 aliphatic carbocycles. The average molecular weight is 321 g/mol. The van der Waals surface area contributed by atoms with Gasteiger partial charge in [-0.1, -0.05) is 0 Å². The van der Waals surface area contributed by atoms with Crippen LogP contribution in [0.2, 0.25) is 0 Å². The third-order valence-electron chi connectivity index (χ3n) is 3.13. The lowest BCUT2D eigenvalue weighted by molar-refractivity contribution is -0.130. The van der Waals surface area contributed by atoms with Crippen LogP contribution in [0.5, 0.6) is 11.5 Å². The third-order valence-corrected chi connectivity index (χ3v) is 3.13. The zero-order valence-corrected chi connectivity index (χ0v) is 14.0. The summed E-state index contributed by atoms with van der Waals surface area (Å²) in [7, 11) is 0. The summed E-state index contributed by atoms with van der Waals surface area (Å²) in [4.78, 5) is 24.2. The summed E-state index contributed by atoms with van der Waals surface area (Å²) < 4.78 is 16.3. The fourth-order valence-electron chi connectivity index (χ4n) is 2.04. The van der Waals surface area contributed by atoms with Gasteiger partial charge in [-0.25, -0.2) is 4.79 Å². The number of rotatable bonds is 3. The topological polar surface area (TPSA) is 73.9 Å². The summed E-state index contributed by atoms with van der Waals surface area (Å²) in [5.74, 6) is 0.221. The number of benzene rings is 1. The molecule has 0 fully saturated rings. The van der Waals surface area contributed by atoms with Crippen LogP contribution in [0.1, 0.15) is 44.5 Å². The van der Waals surface area contributed by atoms with Crippen molar-refractivity contribution in [2.75, 3.05) is 13.2 Å². The van der Waals surface area contributed by atoms with Crippen LogP contribution in [0.25, 0.3) is 0 Å². The van der Waals surface area contributed by atoms with Crippen molar-refractivity contribution in [3.8, 4) is 11.5 Å². The number of amides is 1. The maximum atomic E-state index is 12.2. The average Bonchev–Trinajstić information content (AvgIpc) is 2.69. The van der Waals surface area contributed by atoms with E-state index in [-0.39, 0.29) is 11.4 Å². The van der Waals surface area contributed by atoms with E-state index in [2.05, 4.69) is 5.32 Å². The highest BCUT2D eigenvalue weighted by Crippen LogP contribution is 2.30. The lowest BCUT2D eigenvalue weighted by Gasteiger charge is -2.23. The normalized spacial score (nSPS) is 15.3.